The van der Waals surface area contributed by atoms with Crippen molar-refractivity contribution in [3.8, 4) is 16.9 Å². The van der Waals surface area contributed by atoms with Crippen LogP contribution < -0.4 is 16.4 Å². The Morgan fingerprint density at radius 2 is 1.70 bits per heavy atom. The first kappa shape index (κ1) is 22.3. The van der Waals surface area contributed by atoms with E-state index in [0.29, 0.717) is 43.2 Å². The number of amides is 2. The second kappa shape index (κ2) is 10.2. The lowest BCUT2D eigenvalue weighted by Crippen LogP contribution is -2.41. The number of phenolic OH excluding ortho intramolecular Hbond substituents is 1. The summed E-state index contributed by atoms with van der Waals surface area (Å²) in [6, 6.07) is 19.3. The molecule has 1 fully saturated rings. The molecule has 0 aromatic heterocycles. The van der Waals surface area contributed by atoms with Crippen LogP contribution in [0.4, 0.5) is 17.1 Å². The largest absolute Gasteiger partial charge is 0.506 e. The zero-order valence-electron chi connectivity index (χ0n) is 18.1. The van der Waals surface area contributed by atoms with Crippen molar-refractivity contribution in [2.75, 3.05) is 49.2 Å². The second-order valence-corrected chi connectivity index (χ2v) is 7.83. The number of carbonyl (C=O) groups is 2. The van der Waals surface area contributed by atoms with E-state index in [4.69, 9.17) is 10.5 Å². The maximum atomic E-state index is 12.7. The van der Waals surface area contributed by atoms with Crippen molar-refractivity contribution in [1.82, 2.24) is 4.90 Å². The normalized spacial score (nSPS) is 13.9. The number of aromatic hydroxyl groups is 1. The molecule has 170 valence electrons. The zero-order chi connectivity index (χ0) is 23.2. The number of benzene rings is 3. The molecule has 33 heavy (non-hydrogen) atoms. The average Bonchev–Trinajstić information content (AvgIpc) is 2.82. The van der Waals surface area contributed by atoms with Crippen LogP contribution in [-0.4, -0.2) is 54.7 Å². The number of phenols is 1. The van der Waals surface area contributed by atoms with Gasteiger partial charge in [0.1, 0.15) is 5.75 Å². The third kappa shape index (κ3) is 5.88. The highest BCUT2D eigenvalue weighted by Crippen LogP contribution is 2.27. The van der Waals surface area contributed by atoms with Gasteiger partial charge in [0.15, 0.2) is 0 Å². The molecule has 1 aliphatic heterocycles. The molecular formula is C25H26N4O4. The van der Waals surface area contributed by atoms with Crippen molar-refractivity contribution >= 4 is 28.9 Å². The summed E-state index contributed by atoms with van der Waals surface area (Å²) in [7, 11) is 0. The number of nitrogen functional groups attached to an aromatic ring is 1. The fourth-order valence-corrected chi connectivity index (χ4v) is 3.60. The molecule has 8 nitrogen and oxygen atoms in total. The third-order valence-electron chi connectivity index (χ3n) is 5.37. The zero-order valence-corrected chi connectivity index (χ0v) is 18.1. The lowest BCUT2D eigenvalue weighted by molar-refractivity contribution is -0.118. The van der Waals surface area contributed by atoms with Crippen LogP contribution in [0.5, 0.6) is 5.75 Å². The number of hydrogen-bond acceptors (Lipinski definition) is 6. The molecule has 0 saturated carbocycles. The molecule has 8 heteroatoms. The number of carbonyl (C=O) groups excluding carboxylic acids is 2. The molecule has 3 aromatic carbocycles. The van der Waals surface area contributed by atoms with Gasteiger partial charge >= 0.3 is 0 Å². The summed E-state index contributed by atoms with van der Waals surface area (Å²) in [4.78, 5) is 27.0. The lowest BCUT2D eigenvalue weighted by atomic mass is 10.0. The van der Waals surface area contributed by atoms with Gasteiger partial charge in [0, 0.05) is 30.0 Å². The molecule has 0 unspecified atom stereocenters. The smallest absolute Gasteiger partial charge is 0.255 e. The molecule has 5 N–H and O–H groups in total. The Kier molecular flexibility index (Phi) is 6.87. The molecule has 0 spiro atoms. The van der Waals surface area contributed by atoms with Crippen molar-refractivity contribution in [2.45, 2.75) is 0 Å². The first-order valence-corrected chi connectivity index (χ1v) is 10.7. The SMILES string of the molecule is Nc1cccc(-c2ccc(C(=O)Nc3ccc(O)c(NC(=O)CN4CCOCC4)c3)cc2)c1. The Hall–Kier alpha value is -3.88. The Bertz CT molecular complexity index is 1140. The predicted molar refractivity (Wildman–Crippen MR) is 128 cm³/mol. The van der Waals surface area contributed by atoms with E-state index >= 15 is 0 Å². The average molecular weight is 447 g/mol. The van der Waals surface area contributed by atoms with Crippen LogP contribution in [0, 0.1) is 0 Å². The Morgan fingerprint density at radius 1 is 0.939 bits per heavy atom. The van der Waals surface area contributed by atoms with Gasteiger partial charge in [-0.15, -0.1) is 0 Å². The summed E-state index contributed by atoms with van der Waals surface area (Å²) in [5, 5.41) is 15.6. The molecule has 1 aliphatic rings. The van der Waals surface area contributed by atoms with Crippen molar-refractivity contribution < 1.29 is 19.4 Å². The van der Waals surface area contributed by atoms with E-state index in [0.717, 1.165) is 11.1 Å². The van der Waals surface area contributed by atoms with Gasteiger partial charge in [0.05, 0.1) is 25.4 Å². The molecule has 0 bridgehead atoms. The van der Waals surface area contributed by atoms with Crippen LogP contribution >= 0.6 is 0 Å². The quantitative estimate of drug-likeness (QED) is 0.263. The molecule has 0 radical (unpaired) electrons. The monoisotopic (exact) mass is 446 g/mol. The number of morpholine rings is 1. The van der Waals surface area contributed by atoms with Crippen LogP contribution in [0.25, 0.3) is 11.1 Å². The lowest BCUT2D eigenvalue weighted by Gasteiger charge is -2.25. The fourth-order valence-electron chi connectivity index (χ4n) is 3.60. The van der Waals surface area contributed by atoms with E-state index in [1.165, 1.54) is 12.1 Å². The minimum Gasteiger partial charge on any atom is -0.506 e. The summed E-state index contributed by atoms with van der Waals surface area (Å²) >= 11 is 0. The van der Waals surface area contributed by atoms with E-state index in [1.807, 2.05) is 41.3 Å². The van der Waals surface area contributed by atoms with E-state index in [2.05, 4.69) is 10.6 Å². The maximum Gasteiger partial charge on any atom is 0.255 e. The number of rotatable bonds is 6. The number of hydrogen-bond donors (Lipinski definition) is 4. The number of nitrogens with one attached hydrogen (secondary N) is 2. The maximum absolute atomic E-state index is 12.7. The summed E-state index contributed by atoms with van der Waals surface area (Å²) in [6.45, 7) is 2.78. The third-order valence-corrected chi connectivity index (χ3v) is 5.37. The van der Waals surface area contributed by atoms with Gasteiger partial charge in [0.25, 0.3) is 5.91 Å². The van der Waals surface area contributed by atoms with E-state index in [1.54, 1.807) is 18.2 Å². The summed E-state index contributed by atoms with van der Waals surface area (Å²) in [6.07, 6.45) is 0. The van der Waals surface area contributed by atoms with Gasteiger partial charge in [0.2, 0.25) is 5.91 Å². The topological polar surface area (TPSA) is 117 Å². The molecule has 3 aromatic rings. The fraction of sp³-hybridized carbons (Fsp3) is 0.200. The van der Waals surface area contributed by atoms with Crippen LogP contribution in [-0.2, 0) is 9.53 Å². The summed E-state index contributed by atoms with van der Waals surface area (Å²) < 4.78 is 5.28. The summed E-state index contributed by atoms with van der Waals surface area (Å²) in [5.41, 5.74) is 9.62. The van der Waals surface area contributed by atoms with Gasteiger partial charge in [-0.05, 0) is 53.6 Å². The van der Waals surface area contributed by atoms with Gasteiger partial charge in [-0.2, -0.15) is 0 Å². The molecule has 4 rings (SSSR count). The predicted octanol–water partition coefficient (Wildman–Crippen LogP) is 3.16. The highest BCUT2D eigenvalue weighted by Gasteiger charge is 2.16. The first-order chi connectivity index (χ1) is 16.0. The van der Waals surface area contributed by atoms with Crippen LogP contribution in [0.3, 0.4) is 0 Å². The van der Waals surface area contributed by atoms with Gasteiger partial charge in [-0.3, -0.25) is 14.5 Å². The summed E-state index contributed by atoms with van der Waals surface area (Å²) in [5.74, 6) is -0.618. The number of nitrogens with two attached hydrogens (primary N) is 1. The van der Waals surface area contributed by atoms with Crippen molar-refractivity contribution in [2.24, 2.45) is 0 Å². The first-order valence-electron chi connectivity index (χ1n) is 10.7. The minimum atomic E-state index is -0.301. The highest BCUT2D eigenvalue weighted by molar-refractivity contribution is 6.05. The molecular weight excluding hydrogens is 420 g/mol. The number of anilines is 3. The van der Waals surface area contributed by atoms with Crippen molar-refractivity contribution in [3.63, 3.8) is 0 Å². The molecule has 2 amide bonds. The number of ether oxygens (including phenoxy) is 1. The number of nitrogens with zero attached hydrogens (tertiary/aromatic N) is 1. The molecule has 1 saturated heterocycles. The standard InChI is InChI=1S/C25H26N4O4/c26-20-3-1-2-19(14-20)17-4-6-18(7-5-17)25(32)27-21-8-9-23(30)22(15-21)28-24(31)16-29-10-12-33-13-11-29/h1-9,14-15,30H,10-13,16,26H2,(H,27,32)(H,28,31). The van der Waals surface area contributed by atoms with Crippen LogP contribution in [0.1, 0.15) is 10.4 Å². The van der Waals surface area contributed by atoms with E-state index in [-0.39, 0.29) is 29.8 Å². The van der Waals surface area contributed by atoms with E-state index in [9.17, 15) is 14.7 Å². The van der Waals surface area contributed by atoms with Crippen LogP contribution in [0.15, 0.2) is 66.7 Å². The van der Waals surface area contributed by atoms with Crippen molar-refractivity contribution in [3.05, 3.63) is 72.3 Å². The van der Waals surface area contributed by atoms with E-state index < -0.39 is 0 Å². The van der Waals surface area contributed by atoms with Gasteiger partial charge in [-0.25, -0.2) is 0 Å². The Labute approximate surface area is 192 Å². The molecule has 1 heterocycles. The van der Waals surface area contributed by atoms with Gasteiger partial charge < -0.3 is 26.2 Å². The minimum absolute atomic E-state index is 0.0742. The Morgan fingerprint density at radius 3 is 2.42 bits per heavy atom. The Balaban J connectivity index is 1.40. The van der Waals surface area contributed by atoms with Crippen LogP contribution in [0.2, 0.25) is 0 Å². The van der Waals surface area contributed by atoms with Crippen molar-refractivity contribution in [1.29, 1.82) is 0 Å². The molecule has 0 atom stereocenters. The second-order valence-electron chi connectivity index (χ2n) is 7.83. The highest BCUT2D eigenvalue weighted by atomic mass is 16.5. The van der Waals surface area contributed by atoms with Gasteiger partial charge in [-0.1, -0.05) is 24.3 Å². The molecule has 0 aliphatic carbocycles.